The van der Waals surface area contributed by atoms with E-state index in [9.17, 15) is 9.50 Å². The van der Waals surface area contributed by atoms with E-state index >= 15 is 4.39 Å². The lowest BCUT2D eigenvalue weighted by molar-refractivity contribution is 0.0575. The number of nitrogens with zero attached hydrogens (tertiary/aromatic N) is 5. The van der Waals surface area contributed by atoms with Crippen LogP contribution in [0.5, 0.6) is 5.75 Å². The number of aryl methyl sites for hydroxylation is 1. The number of fused-ring (bicyclic) bond motifs is 1. The van der Waals surface area contributed by atoms with Gasteiger partial charge in [-0.3, -0.25) is 9.58 Å². The van der Waals surface area contributed by atoms with Gasteiger partial charge in [0, 0.05) is 87.9 Å². The number of aromatic nitrogens is 4. The van der Waals surface area contributed by atoms with E-state index in [0.29, 0.717) is 29.8 Å². The molecule has 43 heavy (non-hydrogen) atoms. The highest BCUT2D eigenvalue weighted by atomic mass is 19.2. The molecule has 1 saturated heterocycles. The largest absolute Gasteiger partial charge is 0.489 e. The van der Waals surface area contributed by atoms with Crippen LogP contribution in [-0.2, 0) is 20.0 Å². The fraction of sp³-hybridized carbons (Fsp3) is 0.500. The summed E-state index contributed by atoms with van der Waals surface area (Å²) in [5, 5.41) is 22.4. The molecule has 1 aromatic carbocycles. The second kappa shape index (κ2) is 13.1. The number of imidazole rings is 1. The van der Waals surface area contributed by atoms with Gasteiger partial charge in [-0.1, -0.05) is 20.8 Å². The Morgan fingerprint density at radius 2 is 1.91 bits per heavy atom. The Labute approximate surface area is 251 Å². The predicted octanol–water partition coefficient (Wildman–Crippen LogP) is 4.02. The van der Waals surface area contributed by atoms with Crippen molar-refractivity contribution in [1.29, 1.82) is 0 Å². The van der Waals surface area contributed by atoms with E-state index in [1.54, 1.807) is 10.7 Å². The Kier molecular flexibility index (Phi) is 9.45. The number of benzene rings is 1. The predicted molar refractivity (Wildman–Crippen MR) is 163 cm³/mol. The van der Waals surface area contributed by atoms with Gasteiger partial charge in [0.05, 0.1) is 24.2 Å². The van der Waals surface area contributed by atoms with Crippen LogP contribution in [0.3, 0.4) is 0 Å². The van der Waals surface area contributed by atoms with E-state index in [1.165, 1.54) is 0 Å². The summed E-state index contributed by atoms with van der Waals surface area (Å²) in [5.74, 6) is -2.15. The van der Waals surface area contributed by atoms with Gasteiger partial charge in [-0.15, -0.1) is 0 Å². The van der Waals surface area contributed by atoms with Gasteiger partial charge < -0.3 is 24.9 Å². The van der Waals surface area contributed by atoms with Gasteiger partial charge >= 0.3 is 0 Å². The maximum atomic E-state index is 15.2. The molecule has 1 fully saturated rings. The Hall–Kier alpha value is -3.38. The van der Waals surface area contributed by atoms with Crippen LogP contribution in [-0.4, -0.2) is 75.0 Å². The van der Waals surface area contributed by atoms with Crippen LogP contribution in [0.1, 0.15) is 49.5 Å². The van der Waals surface area contributed by atoms with Crippen molar-refractivity contribution in [1.82, 2.24) is 34.7 Å². The van der Waals surface area contributed by atoms with Gasteiger partial charge in [-0.25, -0.2) is 9.37 Å². The van der Waals surface area contributed by atoms with Crippen molar-refractivity contribution in [2.75, 3.05) is 45.9 Å². The third-order valence-electron chi connectivity index (χ3n) is 8.23. The number of piperazine rings is 1. The molecule has 0 saturated carbocycles. The normalized spacial score (nSPS) is 15.3. The summed E-state index contributed by atoms with van der Waals surface area (Å²) in [7, 11) is 1.82. The van der Waals surface area contributed by atoms with Crippen LogP contribution in [0, 0.1) is 24.0 Å². The minimum atomic E-state index is -1.03. The molecule has 4 aromatic rings. The Morgan fingerprint density at radius 3 is 2.65 bits per heavy atom. The number of hydrogen-bond donors (Lipinski definition) is 3. The summed E-state index contributed by atoms with van der Waals surface area (Å²) in [6, 6.07) is 6.37. The first-order chi connectivity index (χ1) is 20.5. The molecule has 0 radical (unpaired) electrons. The summed E-state index contributed by atoms with van der Waals surface area (Å²) in [6.45, 7) is 14.5. The van der Waals surface area contributed by atoms with Crippen LogP contribution in [0.25, 0.3) is 16.8 Å². The summed E-state index contributed by atoms with van der Waals surface area (Å²) in [4.78, 5) is 6.95. The van der Waals surface area contributed by atoms with Crippen LogP contribution in [0.15, 0.2) is 36.7 Å². The van der Waals surface area contributed by atoms with Crippen molar-refractivity contribution in [2.45, 2.75) is 46.8 Å². The molecule has 1 aliphatic heterocycles. The van der Waals surface area contributed by atoms with Crippen LogP contribution >= 0.6 is 0 Å². The Morgan fingerprint density at radius 1 is 1.14 bits per heavy atom. The molecule has 11 heteroatoms. The van der Waals surface area contributed by atoms with Gasteiger partial charge in [0.2, 0.25) is 5.82 Å². The second-order valence-electron chi connectivity index (χ2n) is 12.3. The second-order valence-corrected chi connectivity index (χ2v) is 12.3. The molecule has 1 aliphatic rings. The van der Waals surface area contributed by atoms with Crippen molar-refractivity contribution in [3.63, 3.8) is 0 Å². The fourth-order valence-electron chi connectivity index (χ4n) is 5.48. The van der Waals surface area contributed by atoms with Crippen molar-refractivity contribution in [3.05, 3.63) is 70.9 Å². The fourth-order valence-corrected chi connectivity index (χ4v) is 5.48. The van der Waals surface area contributed by atoms with Gasteiger partial charge in [0.25, 0.3) is 0 Å². The van der Waals surface area contributed by atoms with E-state index in [1.807, 2.05) is 63.7 Å². The number of ether oxygens (including phenoxy) is 1. The van der Waals surface area contributed by atoms with E-state index in [0.717, 1.165) is 67.9 Å². The monoisotopic (exact) mass is 595 g/mol. The first-order valence-electron chi connectivity index (χ1n) is 15.0. The van der Waals surface area contributed by atoms with Gasteiger partial charge in [-0.2, -0.15) is 9.49 Å². The molecule has 1 atom stereocenters. The number of pyridine rings is 1. The zero-order chi connectivity index (χ0) is 30.7. The molecule has 3 N–H and O–H groups in total. The summed E-state index contributed by atoms with van der Waals surface area (Å²) < 4.78 is 39.3. The van der Waals surface area contributed by atoms with Crippen LogP contribution in [0.2, 0.25) is 0 Å². The number of rotatable bonds is 11. The maximum Gasteiger partial charge on any atom is 0.201 e. The zero-order valence-corrected chi connectivity index (χ0v) is 25.8. The third-order valence-corrected chi connectivity index (χ3v) is 8.23. The number of hydrogen-bond acceptors (Lipinski definition) is 7. The lowest BCUT2D eigenvalue weighted by Gasteiger charge is -2.27. The van der Waals surface area contributed by atoms with Gasteiger partial charge in [0.15, 0.2) is 11.6 Å². The number of aliphatic hydroxyl groups excluding tert-OH is 1. The molecular weight excluding hydrogens is 552 g/mol. The molecule has 3 aromatic heterocycles. The highest BCUT2D eigenvalue weighted by molar-refractivity contribution is 5.71. The van der Waals surface area contributed by atoms with Crippen molar-refractivity contribution in [3.8, 4) is 16.9 Å². The molecule has 4 heterocycles. The average molecular weight is 596 g/mol. The van der Waals surface area contributed by atoms with E-state index in [2.05, 4.69) is 25.6 Å². The molecular formula is C32H43F2N7O2. The van der Waals surface area contributed by atoms with Crippen LogP contribution < -0.4 is 15.4 Å². The lowest BCUT2D eigenvalue weighted by Crippen LogP contribution is -2.45. The van der Waals surface area contributed by atoms with E-state index in [-0.39, 0.29) is 12.4 Å². The molecule has 0 bridgehead atoms. The van der Waals surface area contributed by atoms with Gasteiger partial charge in [0.1, 0.15) is 11.8 Å². The topological polar surface area (TPSA) is 91.9 Å². The molecule has 9 nitrogen and oxygen atoms in total. The molecule has 0 aliphatic carbocycles. The average Bonchev–Trinajstić information content (AvgIpc) is 3.52. The Bertz CT molecular complexity index is 1550. The quantitative estimate of drug-likeness (QED) is 0.226. The lowest BCUT2D eigenvalue weighted by atomic mass is 9.85. The minimum absolute atomic E-state index is 0.0827. The van der Waals surface area contributed by atoms with E-state index < -0.39 is 23.2 Å². The number of halogens is 2. The molecule has 0 amide bonds. The summed E-state index contributed by atoms with van der Waals surface area (Å²) in [5.41, 5.74) is 4.77. The molecule has 1 unspecified atom stereocenters. The van der Waals surface area contributed by atoms with Crippen LogP contribution in [0.4, 0.5) is 8.78 Å². The Balaban J connectivity index is 1.33. The highest BCUT2D eigenvalue weighted by Gasteiger charge is 2.30. The van der Waals surface area contributed by atoms with Crippen molar-refractivity contribution < 1.29 is 18.6 Å². The first kappa shape index (κ1) is 31.1. The zero-order valence-electron chi connectivity index (χ0n) is 25.8. The first-order valence-corrected chi connectivity index (χ1v) is 15.0. The number of nitrogens with one attached hydrogen (secondary N) is 2. The number of aliphatic hydroxyl groups is 1. The van der Waals surface area contributed by atoms with E-state index in [4.69, 9.17) is 4.74 Å². The molecule has 5 rings (SSSR count). The van der Waals surface area contributed by atoms with Crippen molar-refractivity contribution >= 4 is 5.65 Å². The smallest absolute Gasteiger partial charge is 0.201 e. The SMILES string of the molecule is Cc1c(CCOc2c(-c3ccc4ncc(CNCCN5CCNCC5)n4c3)ccc(F)c2F)c(C(O)C(C)(C)C)nn1C. The summed E-state index contributed by atoms with van der Waals surface area (Å²) >= 11 is 0. The minimum Gasteiger partial charge on any atom is -0.489 e. The highest BCUT2D eigenvalue weighted by Crippen LogP contribution is 2.36. The third kappa shape index (κ3) is 6.90. The molecule has 0 spiro atoms. The standard InChI is InChI=1S/C32H43F2N7O2/c1-21-24(29(38-39(21)5)31(42)32(2,3)4)10-17-43-30-25(7-8-26(33)28(30)34)22-6-9-27-37-19-23(41(27)20-22)18-36-13-16-40-14-11-35-12-15-40/h6-9,19-20,31,35-36,42H,10-18H2,1-5H3. The maximum absolute atomic E-state index is 15.2. The van der Waals surface area contributed by atoms with Gasteiger partial charge in [-0.05, 0) is 36.6 Å². The van der Waals surface area contributed by atoms with Crippen molar-refractivity contribution in [2.24, 2.45) is 12.5 Å². The summed E-state index contributed by atoms with van der Waals surface area (Å²) in [6.07, 6.45) is 3.32. The molecule has 232 valence electrons.